The van der Waals surface area contributed by atoms with Crippen molar-refractivity contribution in [2.24, 2.45) is 0 Å². The van der Waals surface area contributed by atoms with Crippen LogP contribution in [0.1, 0.15) is 11.7 Å². The fraction of sp³-hybridized carbons (Fsp3) is 0.500. The number of carboxylic acid groups (broad SMARTS) is 1. The van der Waals surface area contributed by atoms with Gasteiger partial charge in [-0.1, -0.05) is 5.16 Å². The minimum absolute atomic E-state index is 0.0611. The number of carbonyl (C=O) groups is 1. The summed E-state index contributed by atoms with van der Waals surface area (Å²) in [5.41, 5.74) is 0. The lowest BCUT2D eigenvalue weighted by Crippen LogP contribution is -2.00. The second-order valence-corrected chi connectivity index (χ2v) is 2.15. The second kappa shape index (κ2) is 3.82. The number of aliphatic carboxylic acids is 1. The van der Waals surface area contributed by atoms with E-state index in [0.29, 0.717) is 5.82 Å². The molecule has 0 amide bonds. The first-order chi connectivity index (χ1) is 5.72. The SMILES string of the molecule is O=C(O)Cc1nc(CCO)no1. The lowest BCUT2D eigenvalue weighted by molar-refractivity contribution is -0.136. The highest BCUT2D eigenvalue weighted by atomic mass is 16.5. The molecule has 0 unspecified atom stereocenters. The fourth-order valence-corrected chi connectivity index (χ4v) is 0.693. The predicted octanol–water partition coefficient (Wildman–Crippen LogP) is -0.769. The van der Waals surface area contributed by atoms with Gasteiger partial charge in [0.2, 0.25) is 5.89 Å². The molecule has 0 aliphatic carbocycles. The van der Waals surface area contributed by atoms with Crippen molar-refractivity contribution < 1.29 is 19.5 Å². The highest BCUT2D eigenvalue weighted by Crippen LogP contribution is 1.98. The zero-order valence-electron chi connectivity index (χ0n) is 6.23. The van der Waals surface area contributed by atoms with E-state index in [9.17, 15) is 4.79 Å². The van der Waals surface area contributed by atoms with Gasteiger partial charge >= 0.3 is 5.97 Å². The molecule has 0 aliphatic rings. The standard InChI is InChI=1S/C6H8N2O4/c9-2-1-4-7-5(12-8-4)3-6(10)11/h9H,1-3H2,(H,10,11). The molecule has 0 bridgehead atoms. The normalized spacial score (nSPS) is 10.1. The lowest BCUT2D eigenvalue weighted by atomic mass is 10.4. The number of aliphatic hydroxyl groups is 1. The zero-order chi connectivity index (χ0) is 8.97. The Morgan fingerprint density at radius 1 is 1.58 bits per heavy atom. The van der Waals surface area contributed by atoms with Crippen LogP contribution in [0.25, 0.3) is 0 Å². The summed E-state index contributed by atoms with van der Waals surface area (Å²) in [6, 6.07) is 0. The maximum Gasteiger partial charge on any atom is 0.312 e. The Morgan fingerprint density at radius 2 is 2.33 bits per heavy atom. The number of hydrogen-bond donors (Lipinski definition) is 2. The molecule has 0 radical (unpaired) electrons. The van der Waals surface area contributed by atoms with Gasteiger partial charge in [0.05, 0.1) is 6.61 Å². The first-order valence-corrected chi connectivity index (χ1v) is 3.36. The molecule has 1 aromatic heterocycles. The Hall–Kier alpha value is -1.43. The van der Waals surface area contributed by atoms with Crippen LogP contribution in [0, 0.1) is 0 Å². The average molecular weight is 172 g/mol. The average Bonchev–Trinajstić information content (AvgIpc) is 2.36. The monoisotopic (exact) mass is 172 g/mol. The van der Waals surface area contributed by atoms with Gasteiger partial charge in [-0.15, -0.1) is 0 Å². The van der Waals surface area contributed by atoms with Crippen LogP contribution in [-0.4, -0.2) is 32.9 Å². The van der Waals surface area contributed by atoms with E-state index in [1.165, 1.54) is 0 Å². The van der Waals surface area contributed by atoms with Crippen LogP contribution in [0.3, 0.4) is 0 Å². The van der Waals surface area contributed by atoms with Crippen molar-refractivity contribution in [3.63, 3.8) is 0 Å². The van der Waals surface area contributed by atoms with Crippen LogP contribution in [0.15, 0.2) is 4.52 Å². The molecule has 6 heteroatoms. The summed E-state index contributed by atoms with van der Waals surface area (Å²) in [5.74, 6) is -0.631. The van der Waals surface area contributed by atoms with E-state index in [1.807, 2.05) is 0 Å². The van der Waals surface area contributed by atoms with Crippen molar-refractivity contribution in [2.45, 2.75) is 12.8 Å². The molecule has 12 heavy (non-hydrogen) atoms. The van der Waals surface area contributed by atoms with Crippen molar-refractivity contribution in [3.8, 4) is 0 Å². The molecule has 1 aromatic rings. The molecule has 1 rings (SSSR count). The third kappa shape index (κ3) is 2.31. The van der Waals surface area contributed by atoms with Gasteiger partial charge in [-0.25, -0.2) is 0 Å². The van der Waals surface area contributed by atoms with E-state index in [0.717, 1.165) is 0 Å². The maximum atomic E-state index is 10.2. The Morgan fingerprint density at radius 3 is 2.92 bits per heavy atom. The molecular formula is C6H8N2O4. The maximum absolute atomic E-state index is 10.2. The second-order valence-electron chi connectivity index (χ2n) is 2.15. The van der Waals surface area contributed by atoms with E-state index < -0.39 is 5.97 Å². The predicted molar refractivity (Wildman–Crippen MR) is 36.4 cm³/mol. The summed E-state index contributed by atoms with van der Waals surface area (Å²) < 4.78 is 4.57. The third-order valence-electron chi connectivity index (χ3n) is 1.15. The molecule has 2 N–H and O–H groups in total. The Labute approximate surface area is 67.8 Å². The van der Waals surface area contributed by atoms with Crippen molar-refractivity contribution in [1.82, 2.24) is 10.1 Å². The van der Waals surface area contributed by atoms with Crippen molar-refractivity contribution in [2.75, 3.05) is 6.61 Å². The summed E-state index contributed by atoms with van der Waals surface area (Å²) in [4.78, 5) is 13.9. The number of carboxylic acids is 1. The van der Waals surface area contributed by atoms with Gasteiger partial charge in [0.1, 0.15) is 6.42 Å². The largest absolute Gasteiger partial charge is 0.481 e. The van der Waals surface area contributed by atoms with Crippen molar-refractivity contribution in [3.05, 3.63) is 11.7 Å². The molecule has 0 atom stereocenters. The molecule has 0 aliphatic heterocycles. The van der Waals surface area contributed by atoms with Crippen LogP contribution < -0.4 is 0 Å². The third-order valence-corrected chi connectivity index (χ3v) is 1.15. The van der Waals surface area contributed by atoms with Gasteiger partial charge in [0.15, 0.2) is 5.82 Å². The first-order valence-electron chi connectivity index (χ1n) is 3.36. The van der Waals surface area contributed by atoms with Crippen LogP contribution in [0.2, 0.25) is 0 Å². The number of nitrogens with zero attached hydrogens (tertiary/aromatic N) is 2. The number of aliphatic hydroxyl groups excluding tert-OH is 1. The summed E-state index contributed by atoms with van der Waals surface area (Å²) in [7, 11) is 0. The molecule has 66 valence electrons. The van der Waals surface area contributed by atoms with E-state index in [4.69, 9.17) is 10.2 Å². The Bertz CT molecular complexity index is 270. The minimum Gasteiger partial charge on any atom is -0.481 e. The fourth-order valence-electron chi connectivity index (χ4n) is 0.693. The molecule has 0 aromatic carbocycles. The molecule has 0 spiro atoms. The van der Waals surface area contributed by atoms with Gasteiger partial charge < -0.3 is 14.7 Å². The molecule has 1 heterocycles. The van der Waals surface area contributed by atoms with E-state index in [-0.39, 0.29) is 25.3 Å². The van der Waals surface area contributed by atoms with E-state index in [1.54, 1.807) is 0 Å². The molecule has 0 saturated carbocycles. The van der Waals surface area contributed by atoms with Gasteiger partial charge in [-0.05, 0) is 0 Å². The summed E-state index contributed by atoms with van der Waals surface area (Å²) in [6.07, 6.45) is 0.00154. The zero-order valence-corrected chi connectivity index (χ0v) is 6.23. The Kier molecular flexibility index (Phi) is 2.76. The van der Waals surface area contributed by atoms with Crippen LogP contribution in [0.5, 0.6) is 0 Å². The van der Waals surface area contributed by atoms with Crippen molar-refractivity contribution >= 4 is 5.97 Å². The lowest BCUT2D eigenvalue weighted by Gasteiger charge is -1.84. The van der Waals surface area contributed by atoms with Gasteiger partial charge in [0, 0.05) is 6.42 Å². The molecule has 0 saturated heterocycles. The number of rotatable bonds is 4. The van der Waals surface area contributed by atoms with Gasteiger partial charge in [-0.2, -0.15) is 4.98 Å². The van der Waals surface area contributed by atoms with Crippen LogP contribution in [0.4, 0.5) is 0 Å². The van der Waals surface area contributed by atoms with E-state index in [2.05, 4.69) is 14.7 Å². The highest BCUT2D eigenvalue weighted by molar-refractivity contribution is 5.68. The highest BCUT2D eigenvalue weighted by Gasteiger charge is 2.08. The summed E-state index contributed by atoms with van der Waals surface area (Å²) in [6.45, 7) is -0.0773. The summed E-state index contributed by atoms with van der Waals surface area (Å²) >= 11 is 0. The summed E-state index contributed by atoms with van der Waals surface area (Å²) in [5, 5.41) is 20.3. The quantitative estimate of drug-likeness (QED) is 0.619. The number of hydrogen-bond acceptors (Lipinski definition) is 5. The molecular weight excluding hydrogens is 164 g/mol. The van der Waals surface area contributed by atoms with Crippen molar-refractivity contribution in [1.29, 1.82) is 0 Å². The topological polar surface area (TPSA) is 96.5 Å². The molecule has 6 nitrogen and oxygen atoms in total. The van der Waals surface area contributed by atoms with Crippen LogP contribution >= 0.6 is 0 Å². The number of aromatic nitrogens is 2. The van der Waals surface area contributed by atoms with E-state index >= 15 is 0 Å². The van der Waals surface area contributed by atoms with Gasteiger partial charge in [0.25, 0.3) is 0 Å². The first kappa shape index (κ1) is 8.66. The molecule has 0 fully saturated rings. The smallest absolute Gasteiger partial charge is 0.312 e. The van der Waals surface area contributed by atoms with Gasteiger partial charge in [-0.3, -0.25) is 4.79 Å². The van der Waals surface area contributed by atoms with Crippen LogP contribution in [-0.2, 0) is 17.6 Å². The Balaban J connectivity index is 2.58. The minimum atomic E-state index is -1.02.